The predicted octanol–water partition coefficient (Wildman–Crippen LogP) is -0.0389. The Morgan fingerprint density at radius 3 is 3.14 bits per heavy atom. The summed E-state index contributed by atoms with van der Waals surface area (Å²) in [5, 5.41) is 5.78. The second-order valence-electron chi connectivity index (χ2n) is 3.38. The molecule has 1 aliphatic heterocycles. The fourth-order valence-corrected chi connectivity index (χ4v) is 1.28. The van der Waals surface area contributed by atoms with Crippen LogP contribution in [-0.2, 0) is 11.3 Å². The lowest BCUT2D eigenvalue weighted by molar-refractivity contribution is -0.125. The third kappa shape index (κ3) is 1.93. The van der Waals surface area contributed by atoms with Crippen LogP contribution in [-0.4, -0.2) is 23.5 Å². The summed E-state index contributed by atoms with van der Waals surface area (Å²) in [6, 6.07) is -0.0222. The molecule has 0 spiro atoms. The minimum Gasteiger partial charge on any atom is -0.444 e. The number of hydrogen-bond donors (Lipinski definition) is 2. The Hall–Kier alpha value is -1.36. The average molecular weight is 195 g/mol. The zero-order valence-electron chi connectivity index (χ0n) is 8.04. The molecule has 2 rings (SSSR count). The second kappa shape index (κ2) is 3.79. The van der Waals surface area contributed by atoms with Crippen molar-refractivity contribution in [2.24, 2.45) is 0 Å². The minimum atomic E-state index is -0.0222. The van der Waals surface area contributed by atoms with Crippen molar-refractivity contribution in [3.63, 3.8) is 0 Å². The molecule has 0 aliphatic carbocycles. The fraction of sp³-hybridized carbons (Fsp3) is 0.556. The number of aromatic nitrogens is 1. The van der Waals surface area contributed by atoms with Gasteiger partial charge in [0, 0.05) is 0 Å². The Balaban J connectivity index is 1.79. The molecule has 1 aliphatic rings. The molecule has 76 valence electrons. The molecule has 0 aromatic carbocycles. The van der Waals surface area contributed by atoms with E-state index in [4.69, 9.17) is 4.42 Å². The Kier molecular flexibility index (Phi) is 2.49. The van der Waals surface area contributed by atoms with E-state index in [1.807, 2.05) is 6.92 Å². The number of nitrogens with one attached hydrogen (secondary N) is 2. The zero-order valence-corrected chi connectivity index (χ0v) is 8.04. The van der Waals surface area contributed by atoms with Crippen molar-refractivity contribution in [3.05, 3.63) is 17.8 Å². The molecule has 0 saturated carbocycles. The van der Waals surface area contributed by atoms with E-state index in [1.54, 1.807) is 6.20 Å². The van der Waals surface area contributed by atoms with E-state index < -0.39 is 0 Å². The highest BCUT2D eigenvalue weighted by Crippen LogP contribution is 2.03. The maximum absolute atomic E-state index is 11.4. The van der Waals surface area contributed by atoms with Gasteiger partial charge in [-0.25, -0.2) is 4.98 Å². The van der Waals surface area contributed by atoms with Gasteiger partial charge in [-0.2, -0.15) is 0 Å². The molecule has 0 bridgehead atoms. The first-order chi connectivity index (χ1) is 6.75. The van der Waals surface area contributed by atoms with Crippen LogP contribution in [0, 0.1) is 6.92 Å². The van der Waals surface area contributed by atoms with Gasteiger partial charge in [-0.1, -0.05) is 0 Å². The predicted molar refractivity (Wildman–Crippen MR) is 49.5 cm³/mol. The van der Waals surface area contributed by atoms with Crippen LogP contribution in [0.5, 0.6) is 0 Å². The number of oxazole rings is 1. The van der Waals surface area contributed by atoms with Crippen LogP contribution in [0.2, 0.25) is 0 Å². The number of carbonyl (C=O) groups excluding carboxylic acids is 1. The minimum absolute atomic E-state index is 0.0205. The number of amides is 1. The summed E-state index contributed by atoms with van der Waals surface area (Å²) in [6.07, 6.45) is 2.56. The van der Waals surface area contributed by atoms with Crippen molar-refractivity contribution >= 4 is 5.91 Å². The van der Waals surface area contributed by atoms with Crippen LogP contribution in [0.15, 0.2) is 10.6 Å². The van der Waals surface area contributed by atoms with Crippen molar-refractivity contribution in [1.82, 2.24) is 15.6 Å². The van der Waals surface area contributed by atoms with Crippen molar-refractivity contribution in [3.8, 4) is 0 Å². The Morgan fingerprint density at radius 1 is 1.86 bits per heavy atom. The molecule has 1 atom stereocenters. The molecule has 1 fully saturated rings. The molecule has 14 heavy (non-hydrogen) atoms. The van der Waals surface area contributed by atoms with Gasteiger partial charge in [0.2, 0.25) is 11.8 Å². The summed E-state index contributed by atoms with van der Waals surface area (Å²) in [5.74, 6) is 1.33. The molecule has 2 N–H and O–H groups in total. The first-order valence-electron chi connectivity index (χ1n) is 4.68. The van der Waals surface area contributed by atoms with E-state index in [0.717, 1.165) is 18.7 Å². The van der Waals surface area contributed by atoms with Gasteiger partial charge in [-0.15, -0.1) is 0 Å². The van der Waals surface area contributed by atoms with Gasteiger partial charge in [-0.05, 0) is 19.9 Å². The third-order valence-electron chi connectivity index (χ3n) is 2.22. The summed E-state index contributed by atoms with van der Waals surface area (Å²) in [4.78, 5) is 15.4. The molecule has 5 nitrogen and oxygen atoms in total. The van der Waals surface area contributed by atoms with Gasteiger partial charge in [0.25, 0.3) is 0 Å². The van der Waals surface area contributed by atoms with Crippen molar-refractivity contribution < 1.29 is 9.21 Å². The quantitative estimate of drug-likeness (QED) is 0.710. The third-order valence-corrected chi connectivity index (χ3v) is 2.22. The molecular formula is C9H13N3O2. The number of rotatable bonds is 3. The molecule has 0 radical (unpaired) electrons. The summed E-state index contributed by atoms with van der Waals surface area (Å²) < 4.78 is 5.22. The van der Waals surface area contributed by atoms with Crippen LogP contribution >= 0.6 is 0 Å². The molecular weight excluding hydrogens is 182 g/mol. The summed E-state index contributed by atoms with van der Waals surface area (Å²) in [7, 11) is 0. The number of hydrogen-bond acceptors (Lipinski definition) is 4. The van der Waals surface area contributed by atoms with E-state index in [9.17, 15) is 4.79 Å². The summed E-state index contributed by atoms with van der Waals surface area (Å²) in [6.45, 7) is 3.12. The highest BCUT2D eigenvalue weighted by atomic mass is 16.4. The molecule has 1 amide bonds. The summed E-state index contributed by atoms with van der Waals surface area (Å²) >= 11 is 0. The standard InChI is InChI=1S/C9H13N3O2/c1-6-4-11-8(14-6)5-12-9(13)7-2-3-10-7/h4,7,10H,2-3,5H2,1H3,(H,12,13)/t7-/m1/s1. The van der Waals surface area contributed by atoms with Crippen LogP contribution in [0.25, 0.3) is 0 Å². The molecule has 0 unspecified atom stereocenters. The fourth-order valence-electron chi connectivity index (χ4n) is 1.28. The van der Waals surface area contributed by atoms with Gasteiger partial charge >= 0.3 is 0 Å². The Bertz CT molecular complexity index is 331. The smallest absolute Gasteiger partial charge is 0.237 e. The highest BCUT2D eigenvalue weighted by Gasteiger charge is 2.24. The van der Waals surface area contributed by atoms with Gasteiger partial charge < -0.3 is 15.1 Å². The Morgan fingerprint density at radius 2 is 2.64 bits per heavy atom. The average Bonchev–Trinajstić information content (AvgIpc) is 2.45. The summed E-state index contributed by atoms with van der Waals surface area (Å²) in [5.41, 5.74) is 0. The molecule has 1 aromatic heterocycles. The van der Waals surface area contributed by atoms with Crippen LogP contribution in [0.3, 0.4) is 0 Å². The van der Waals surface area contributed by atoms with E-state index in [2.05, 4.69) is 15.6 Å². The maximum atomic E-state index is 11.4. The number of aryl methyl sites for hydroxylation is 1. The molecule has 2 heterocycles. The highest BCUT2D eigenvalue weighted by molar-refractivity contribution is 5.82. The normalized spacial score (nSPS) is 20.2. The number of carbonyl (C=O) groups is 1. The van der Waals surface area contributed by atoms with Gasteiger partial charge in [0.05, 0.1) is 18.8 Å². The van der Waals surface area contributed by atoms with Crippen molar-refractivity contribution in [2.45, 2.75) is 25.9 Å². The van der Waals surface area contributed by atoms with E-state index in [0.29, 0.717) is 12.4 Å². The van der Waals surface area contributed by atoms with E-state index in [-0.39, 0.29) is 11.9 Å². The second-order valence-corrected chi connectivity index (χ2v) is 3.38. The number of nitrogens with zero attached hydrogens (tertiary/aromatic N) is 1. The van der Waals surface area contributed by atoms with Crippen LogP contribution in [0.1, 0.15) is 18.1 Å². The first kappa shape index (κ1) is 9.21. The van der Waals surface area contributed by atoms with Crippen molar-refractivity contribution in [1.29, 1.82) is 0 Å². The Labute approximate surface area is 81.9 Å². The van der Waals surface area contributed by atoms with Gasteiger partial charge in [0.1, 0.15) is 5.76 Å². The van der Waals surface area contributed by atoms with E-state index >= 15 is 0 Å². The monoisotopic (exact) mass is 195 g/mol. The molecule has 5 heteroatoms. The lowest BCUT2D eigenvalue weighted by Gasteiger charge is -2.25. The maximum Gasteiger partial charge on any atom is 0.237 e. The van der Waals surface area contributed by atoms with Crippen molar-refractivity contribution in [2.75, 3.05) is 6.54 Å². The zero-order chi connectivity index (χ0) is 9.97. The lowest BCUT2D eigenvalue weighted by atomic mass is 10.1. The largest absolute Gasteiger partial charge is 0.444 e. The van der Waals surface area contributed by atoms with Gasteiger partial charge in [0.15, 0.2) is 0 Å². The molecule has 1 saturated heterocycles. The SMILES string of the molecule is Cc1cnc(CNC(=O)[C@H]2CCN2)o1. The first-order valence-corrected chi connectivity index (χ1v) is 4.68. The van der Waals surface area contributed by atoms with Crippen LogP contribution < -0.4 is 10.6 Å². The topological polar surface area (TPSA) is 67.2 Å². The molecule has 1 aromatic rings. The van der Waals surface area contributed by atoms with Crippen LogP contribution in [0.4, 0.5) is 0 Å². The van der Waals surface area contributed by atoms with E-state index in [1.165, 1.54) is 0 Å². The lowest BCUT2D eigenvalue weighted by Crippen LogP contribution is -2.52. The van der Waals surface area contributed by atoms with Gasteiger partial charge in [-0.3, -0.25) is 4.79 Å².